The van der Waals surface area contributed by atoms with Crippen molar-refractivity contribution < 1.29 is 4.74 Å². The van der Waals surface area contributed by atoms with Gasteiger partial charge in [0.2, 0.25) is 0 Å². The number of hydrogen-bond donors (Lipinski definition) is 1. The van der Waals surface area contributed by atoms with Gasteiger partial charge in [0.1, 0.15) is 0 Å². The molecule has 0 aromatic carbocycles. The molecule has 3 fully saturated rings. The van der Waals surface area contributed by atoms with E-state index in [1.54, 1.807) is 0 Å². The van der Waals surface area contributed by atoms with E-state index in [1.807, 2.05) is 0 Å². The molecule has 1 spiro atoms. The smallest absolute Gasteiger partial charge is 0.0713 e. The predicted octanol–water partition coefficient (Wildman–Crippen LogP) is 2.43. The van der Waals surface area contributed by atoms with Gasteiger partial charge in [-0.3, -0.25) is 0 Å². The summed E-state index contributed by atoms with van der Waals surface area (Å²) in [6, 6.07) is 0.734. The molecule has 1 unspecified atom stereocenters. The van der Waals surface area contributed by atoms with Crippen LogP contribution in [-0.2, 0) is 4.74 Å². The average Bonchev–Trinajstić information content (AvgIpc) is 3.11. The molecule has 92 valence electrons. The standard InChI is InChI=1S/C13H23NOS/c1-2-11(1)10-14-12-3-6-15-13(9-12)4-7-16-8-5-13/h11-12,14H,1-10H2. The minimum absolute atomic E-state index is 0.255. The summed E-state index contributed by atoms with van der Waals surface area (Å²) in [5, 5.41) is 3.77. The second kappa shape index (κ2) is 4.87. The molecule has 1 aliphatic carbocycles. The highest BCUT2D eigenvalue weighted by molar-refractivity contribution is 7.99. The van der Waals surface area contributed by atoms with Crippen LogP contribution in [0, 0.1) is 5.92 Å². The molecule has 0 amide bonds. The Morgan fingerprint density at radius 2 is 2.00 bits per heavy atom. The molecule has 16 heavy (non-hydrogen) atoms. The highest BCUT2D eigenvalue weighted by Crippen LogP contribution is 2.37. The van der Waals surface area contributed by atoms with Crippen molar-refractivity contribution in [3.63, 3.8) is 0 Å². The maximum Gasteiger partial charge on any atom is 0.0713 e. The van der Waals surface area contributed by atoms with E-state index < -0.39 is 0 Å². The van der Waals surface area contributed by atoms with Gasteiger partial charge >= 0.3 is 0 Å². The Hall–Kier alpha value is 0.270. The zero-order chi connectivity index (χ0) is 10.8. The van der Waals surface area contributed by atoms with Crippen molar-refractivity contribution >= 4 is 11.8 Å². The van der Waals surface area contributed by atoms with Gasteiger partial charge in [0, 0.05) is 12.6 Å². The molecule has 2 heterocycles. The summed E-state index contributed by atoms with van der Waals surface area (Å²) >= 11 is 2.09. The summed E-state index contributed by atoms with van der Waals surface area (Å²) in [6.07, 6.45) is 7.95. The molecular weight excluding hydrogens is 218 g/mol. The van der Waals surface area contributed by atoms with Crippen LogP contribution in [0.4, 0.5) is 0 Å². The maximum atomic E-state index is 6.11. The summed E-state index contributed by atoms with van der Waals surface area (Å²) < 4.78 is 6.11. The number of nitrogens with one attached hydrogen (secondary N) is 1. The van der Waals surface area contributed by atoms with Gasteiger partial charge in [0.25, 0.3) is 0 Å². The Labute approximate surface area is 103 Å². The number of thioether (sulfide) groups is 1. The van der Waals surface area contributed by atoms with Crippen LogP contribution in [0.2, 0.25) is 0 Å². The minimum Gasteiger partial charge on any atom is -0.375 e. The molecule has 1 N–H and O–H groups in total. The zero-order valence-corrected chi connectivity index (χ0v) is 10.9. The van der Waals surface area contributed by atoms with Crippen LogP contribution < -0.4 is 5.32 Å². The summed E-state index contributed by atoms with van der Waals surface area (Å²) in [6.45, 7) is 2.24. The Morgan fingerprint density at radius 1 is 1.19 bits per heavy atom. The summed E-state index contributed by atoms with van der Waals surface area (Å²) in [7, 11) is 0. The van der Waals surface area contributed by atoms with Crippen molar-refractivity contribution in [2.45, 2.75) is 50.2 Å². The molecule has 3 aliphatic rings. The molecule has 0 bridgehead atoms. The van der Waals surface area contributed by atoms with Crippen LogP contribution in [0.1, 0.15) is 38.5 Å². The summed E-state index contributed by atoms with van der Waals surface area (Å²) in [5.41, 5.74) is 0.255. The minimum atomic E-state index is 0.255. The van der Waals surface area contributed by atoms with Gasteiger partial charge in [-0.1, -0.05) is 0 Å². The first-order valence-electron chi connectivity index (χ1n) is 6.81. The molecule has 3 rings (SSSR count). The molecule has 2 saturated heterocycles. The molecule has 0 radical (unpaired) electrons. The lowest BCUT2D eigenvalue weighted by Crippen LogP contribution is -2.49. The second-order valence-electron chi connectivity index (χ2n) is 5.69. The van der Waals surface area contributed by atoms with Crippen molar-refractivity contribution in [3.05, 3.63) is 0 Å². The van der Waals surface area contributed by atoms with Crippen LogP contribution in [0.5, 0.6) is 0 Å². The van der Waals surface area contributed by atoms with Gasteiger partial charge < -0.3 is 10.1 Å². The van der Waals surface area contributed by atoms with E-state index in [1.165, 1.54) is 56.6 Å². The highest BCUT2D eigenvalue weighted by Gasteiger charge is 2.38. The van der Waals surface area contributed by atoms with Gasteiger partial charge in [0.15, 0.2) is 0 Å². The van der Waals surface area contributed by atoms with Gasteiger partial charge in [-0.25, -0.2) is 0 Å². The lowest BCUT2D eigenvalue weighted by Gasteiger charge is -2.43. The third-order valence-corrected chi connectivity index (χ3v) is 5.27. The third-order valence-electron chi connectivity index (χ3n) is 4.29. The Balaban J connectivity index is 1.51. The van der Waals surface area contributed by atoms with Gasteiger partial charge in [-0.15, -0.1) is 0 Å². The van der Waals surface area contributed by atoms with Crippen LogP contribution in [-0.4, -0.2) is 36.3 Å². The molecule has 1 atom stereocenters. The molecule has 1 saturated carbocycles. The first-order chi connectivity index (χ1) is 7.86. The number of ether oxygens (including phenoxy) is 1. The SMILES string of the molecule is C1CC(NCC2CC2)CC2(CCSCC2)O1. The summed E-state index contributed by atoms with van der Waals surface area (Å²) in [5.74, 6) is 3.60. The fourth-order valence-electron chi connectivity index (χ4n) is 2.95. The van der Waals surface area contributed by atoms with Crippen molar-refractivity contribution in [2.24, 2.45) is 5.92 Å². The zero-order valence-electron chi connectivity index (χ0n) is 10.0. The third kappa shape index (κ3) is 2.74. The maximum absolute atomic E-state index is 6.11. The largest absolute Gasteiger partial charge is 0.375 e. The van der Waals surface area contributed by atoms with E-state index in [4.69, 9.17) is 4.74 Å². The molecule has 3 heteroatoms. The fraction of sp³-hybridized carbons (Fsp3) is 1.00. The van der Waals surface area contributed by atoms with Crippen molar-refractivity contribution in [1.29, 1.82) is 0 Å². The van der Waals surface area contributed by atoms with E-state index in [9.17, 15) is 0 Å². The van der Waals surface area contributed by atoms with Crippen LogP contribution >= 0.6 is 11.8 Å². The van der Waals surface area contributed by atoms with Crippen LogP contribution in [0.25, 0.3) is 0 Å². The first-order valence-corrected chi connectivity index (χ1v) is 7.97. The highest BCUT2D eigenvalue weighted by atomic mass is 32.2. The predicted molar refractivity (Wildman–Crippen MR) is 69.0 cm³/mol. The Morgan fingerprint density at radius 3 is 2.75 bits per heavy atom. The van der Waals surface area contributed by atoms with E-state index in [2.05, 4.69) is 17.1 Å². The van der Waals surface area contributed by atoms with Gasteiger partial charge in [-0.2, -0.15) is 11.8 Å². The number of hydrogen-bond acceptors (Lipinski definition) is 3. The van der Waals surface area contributed by atoms with Crippen molar-refractivity contribution in [3.8, 4) is 0 Å². The monoisotopic (exact) mass is 241 g/mol. The van der Waals surface area contributed by atoms with E-state index in [-0.39, 0.29) is 5.60 Å². The topological polar surface area (TPSA) is 21.3 Å². The van der Waals surface area contributed by atoms with Crippen molar-refractivity contribution in [2.75, 3.05) is 24.7 Å². The Bertz CT molecular complexity index is 231. The lowest BCUT2D eigenvalue weighted by atomic mass is 9.85. The van der Waals surface area contributed by atoms with Gasteiger partial charge in [0.05, 0.1) is 5.60 Å². The second-order valence-corrected chi connectivity index (χ2v) is 6.91. The summed E-state index contributed by atoms with van der Waals surface area (Å²) in [4.78, 5) is 0. The van der Waals surface area contributed by atoms with E-state index >= 15 is 0 Å². The van der Waals surface area contributed by atoms with E-state index in [0.29, 0.717) is 0 Å². The van der Waals surface area contributed by atoms with Gasteiger partial charge in [-0.05, 0) is 62.5 Å². The fourth-order valence-corrected chi connectivity index (χ4v) is 4.19. The molecule has 2 nitrogen and oxygen atoms in total. The normalized spacial score (nSPS) is 34.1. The lowest BCUT2D eigenvalue weighted by molar-refractivity contribution is -0.0931. The molecular formula is C13H23NOS. The average molecular weight is 241 g/mol. The van der Waals surface area contributed by atoms with E-state index in [0.717, 1.165) is 18.6 Å². The van der Waals surface area contributed by atoms with Crippen LogP contribution in [0.15, 0.2) is 0 Å². The number of rotatable bonds is 3. The Kier molecular flexibility index (Phi) is 3.46. The molecule has 0 aromatic rings. The molecule has 2 aliphatic heterocycles. The van der Waals surface area contributed by atoms with Crippen molar-refractivity contribution in [1.82, 2.24) is 5.32 Å². The first kappa shape index (κ1) is 11.4. The quantitative estimate of drug-likeness (QED) is 0.820. The van der Waals surface area contributed by atoms with Crippen LogP contribution in [0.3, 0.4) is 0 Å². The molecule has 0 aromatic heterocycles.